The molecule has 0 bridgehead atoms. The van der Waals surface area contributed by atoms with E-state index in [1.807, 2.05) is 13.8 Å². The summed E-state index contributed by atoms with van der Waals surface area (Å²) in [6, 6.07) is 4.01. The van der Waals surface area contributed by atoms with Crippen LogP contribution >= 0.6 is 0 Å². The lowest BCUT2D eigenvalue weighted by atomic mass is 10.1. The molecule has 0 aliphatic heterocycles. The summed E-state index contributed by atoms with van der Waals surface area (Å²) in [5.41, 5.74) is 0. The van der Waals surface area contributed by atoms with Crippen LogP contribution in [0.3, 0.4) is 0 Å². The van der Waals surface area contributed by atoms with Crippen LogP contribution in [0.4, 0.5) is 0 Å². The van der Waals surface area contributed by atoms with Gasteiger partial charge in [-0.3, -0.25) is 0 Å². The molecule has 0 aliphatic rings. The molecule has 6 nitrogen and oxygen atoms in total. The number of benzene rings is 1. The Kier molecular flexibility index (Phi) is 6.44. The first-order valence-electron chi connectivity index (χ1n) is 6.69. The lowest BCUT2D eigenvalue weighted by Gasteiger charge is -2.19. The van der Waals surface area contributed by atoms with Crippen molar-refractivity contribution in [2.24, 2.45) is 5.92 Å². The molecule has 21 heavy (non-hydrogen) atoms. The average Bonchev–Trinajstić information content (AvgIpc) is 2.45. The van der Waals surface area contributed by atoms with Gasteiger partial charge in [-0.25, -0.2) is 13.1 Å². The molecule has 1 rings (SSSR count). The third-order valence-corrected chi connectivity index (χ3v) is 4.50. The molecule has 120 valence electrons. The zero-order valence-electron chi connectivity index (χ0n) is 12.8. The highest BCUT2D eigenvalue weighted by molar-refractivity contribution is 7.89. The number of ether oxygens (including phenoxy) is 2. The first-order valence-corrected chi connectivity index (χ1v) is 8.17. The molecular formula is C14H23NO5S. The van der Waals surface area contributed by atoms with Gasteiger partial charge in [-0.2, -0.15) is 0 Å². The van der Waals surface area contributed by atoms with Crippen molar-refractivity contribution in [3.05, 3.63) is 18.2 Å². The van der Waals surface area contributed by atoms with Crippen molar-refractivity contribution in [2.75, 3.05) is 20.8 Å². The van der Waals surface area contributed by atoms with Crippen LogP contribution in [0.15, 0.2) is 23.1 Å². The van der Waals surface area contributed by atoms with Crippen LogP contribution in [0.5, 0.6) is 11.5 Å². The molecule has 0 saturated heterocycles. The molecular weight excluding hydrogens is 294 g/mol. The molecule has 0 radical (unpaired) electrons. The Morgan fingerprint density at radius 3 is 2.38 bits per heavy atom. The molecule has 0 saturated carbocycles. The van der Waals surface area contributed by atoms with Crippen LogP contribution in [0.25, 0.3) is 0 Å². The summed E-state index contributed by atoms with van der Waals surface area (Å²) in [7, 11) is -0.947. The molecule has 1 aromatic rings. The maximum Gasteiger partial charge on any atom is 0.244 e. The monoisotopic (exact) mass is 317 g/mol. The van der Waals surface area contributed by atoms with E-state index in [1.54, 1.807) is 6.07 Å². The van der Waals surface area contributed by atoms with E-state index >= 15 is 0 Å². The van der Waals surface area contributed by atoms with Crippen LogP contribution in [0, 0.1) is 5.92 Å². The normalized spacial score (nSPS) is 13.2. The van der Waals surface area contributed by atoms with Gasteiger partial charge in [0.15, 0.2) is 0 Å². The summed E-state index contributed by atoms with van der Waals surface area (Å²) in [6.07, 6.45) is 0.544. The molecule has 2 N–H and O–H groups in total. The lowest BCUT2D eigenvalue weighted by molar-refractivity contribution is 0.240. The minimum absolute atomic E-state index is 0.00782. The second-order valence-electron chi connectivity index (χ2n) is 5.15. The number of aliphatic hydroxyl groups excluding tert-OH is 1. The highest BCUT2D eigenvalue weighted by Crippen LogP contribution is 2.28. The summed E-state index contributed by atoms with van der Waals surface area (Å²) in [6.45, 7) is 3.66. The fraction of sp³-hybridized carbons (Fsp3) is 0.571. The zero-order valence-corrected chi connectivity index (χ0v) is 13.6. The van der Waals surface area contributed by atoms with E-state index in [0.29, 0.717) is 12.2 Å². The van der Waals surface area contributed by atoms with E-state index in [0.717, 1.165) is 0 Å². The van der Waals surface area contributed by atoms with Gasteiger partial charge in [0.2, 0.25) is 10.0 Å². The lowest BCUT2D eigenvalue weighted by Crippen LogP contribution is -2.38. The van der Waals surface area contributed by atoms with Gasteiger partial charge in [0.05, 0.1) is 20.8 Å². The van der Waals surface area contributed by atoms with Crippen molar-refractivity contribution < 1.29 is 23.0 Å². The SMILES string of the molecule is COc1ccc(OC)c(S(=O)(=O)NC(CO)CC(C)C)c1. The first-order chi connectivity index (χ1) is 9.83. The minimum atomic E-state index is -3.81. The highest BCUT2D eigenvalue weighted by Gasteiger charge is 2.24. The molecule has 0 amide bonds. The van der Waals surface area contributed by atoms with Crippen molar-refractivity contribution in [1.29, 1.82) is 0 Å². The van der Waals surface area contributed by atoms with Gasteiger partial charge in [0.25, 0.3) is 0 Å². The van der Waals surface area contributed by atoms with Gasteiger partial charge in [0.1, 0.15) is 16.4 Å². The van der Waals surface area contributed by atoms with Crippen LogP contribution in [-0.2, 0) is 10.0 Å². The van der Waals surface area contributed by atoms with Crippen molar-refractivity contribution in [1.82, 2.24) is 4.72 Å². The predicted molar refractivity (Wildman–Crippen MR) is 80.2 cm³/mol. The molecule has 1 atom stereocenters. The molecule has 0 spiro atoms. The van der Waals surface area contributed by atoms with Gasteiger partial charge in [-0.15, -0.1) is 0 Å². The Balaban J connectivity index is 3.11. The molecule has 0 heterocycles. The summed E-state index contributed by atoms with van der Waals surface area (Å²) in [5.74, 6) is 0.905. The van der Waals surface area contributed by atoms with E-state index < -0.39 is 16.1 Å². The van der Waals surface area contributed by atoms with E-state index in [2.05, 4.69) is 4.72 Å². The highest BCUT2D eigenvalue weighted by atomic mass is 32.2. The van der Waals surface area contributed by atoms with Gasteiger partial charge < -0.3 is 14.6 Å². The number of aliphatic hydroxyl groups is 1. The number of sulfonamides is 1. The van der Waals surface area contributed by atoms with E-state index in [1.165, 1.54) is 26.4 Å². The molecule has 0 aliphatic carbocycles. The standard InChI is InChI=1S/C14H23NO5S/c1-10(2)7-11(9-16)15-21(17,18)14-8-12(19-3)5-6-13(14)20-4/h5-6,8,10-11,15-16H,7,9H2,1-4H3. The maximum absolute atomic E-state index is 12.5. The summed E-state index contributed by atoms with van der Waals surface area (Å²) < 4.78 is 37.6. The third kappa shape index (κ3) is 4.87. The molecule has 7 heteroatoms. The Hall–Kier alpha value is -1.31. The third-order valence-electron chi connectivity index (χ3n) is 2.96. The summed E-state index contributed by atoms with van der Waals surface area (Å²) in [4.78, 5) is -0.00782. The Labute approximate surface area is 126 Å². The second kappa shape index (κ2) is 7.63. The minimum Gasteiger partial charge on any atom is -0.497 e. The zero-order chi connectivity index (χ0) is 16.0. The van der Waals surface area contributed by atoms with Crippen LogP contribution in [0.2, 0.25) is 0 Å². The number of hydrogen-bond donors (Lipinski definition) is 2. The fourth-order valence-electron chi connectivity index (χ4n) is 2.01. The largest absolute Gasteiger partial charge is 0.497 e. The average molecular weight is 317 g/mol. The second-order valence-corrected chi connectivity index (χ2v) is 6.83. The molecule has 0 fully saturated rings. The van der Waals surface area contributed by atoms with Crippen molar-refractivity contribution in [3.63, 3.8) is 0 Å². The Bertz CT molecular complexity index is 556. The van der Waals surface area contributed by atoms with E-state index in [9.17, 15) is 13.5 Å². The molecule has 1 unspecified atom stereocenters. The molecule has 0 aromatic heterocycles. The van der Waals surface area contributed by atoms with Crippen molar-refractivity contribution in [2.45, 2.75) is 31.2 Å². The van der Waals surface area contributed by atoms with Crippen LogP contribution in [0.1, 0.15) is 20.3 Å². The first kappa shape index (κ1) is 17.7. The Morgan fingerprint density at radius 1 is 1.24 bits per heavy atom. The summed E-state index contributed by atoms with van der Waals surface area (Å²) in [5, 5.41) is 9.33. The van der Waals surface area contributed by atoms with Crippen LogP contribution < -0.4 is 14.2 Å². The number of methoxy groups -OCH3 is 2. The van der Waals surface area contributed by atoms with E-state index in [-0.39, 0.29) is 23.2 Å². The predicted octanol–water partition coefficient (Wildman–Crippen LogP) is 1.39. The Morgan fingerprint density at radius 2 is 1.90 bits per heavy atom. The van der Waals surface area contributed by atoms with Gasteiger partial charge in [-0.1, -0.05) is 13.8 Å². The number of rotatable bonds is 8. The van der Waals surface area contributed by atoms with Crippen LogP contribution in [-0.4, -0.2) is 40.4 Å². The van der Waals surface area contributed by atoms with Gasteiger partial charge in [-0.05, 0) is 24.5 Å². The van der Waals surface area contributed by atoms with E-state index in [4.69, 9.17) is 9.47 Å². The number of hydrogen-bond acceptors (Lipinski definition) is 5. The number of nitrogens with one attached hydrogen (secondary N) is 1. The van der Waals surface area contributed by atoms with Crippen molar-refractivity contribution in [3.8, 4) is 11.5 Å². The quantitative estimate of drug-likeness (QED) is 0.757. The smallest absolute Gasteiger partial charge is 0.244 e. The van der Waals surface area contributed by atoms with Gasteiger partial charge in [0, 0.05) is 12.1 Å². The fourth-order valence-corrected chi connectivity index (χ4v) is 3.43. The maximum atomic E-state index is 12.5. The van der Waals surface area contributed by atoms with Gasteiger partial charge >= 0.3 is 0 Å². The summed E-state index contributed by atoms with van der Waals surface area (Å²) >= 11 is 0. The van der Waals surface area contributed by atoms with Crippen molar-refractivity contribution >= 4 is 10.0 Å². The topological polar surface area (TPSA) is 84.9 Å². The molecule has 1 aromatic carbocycles.